The highest BCUT2D eigenvalue weighted by Crippen LogP contribution is 2.68. The lowest BCUT2D eigenvalue weighted by Gasteiger charge is -2.39. The van der Waals surface area contributed by atoms with Crippen molar-refractivity contribution >= 4 is 0 Å². The first kappa shape index (κ1) is 12.8. The van der Waals surface area contributed by atoms with Gasteiger partial charge in [-0.3, -0.25) is 0 Å². The van der Waals surface area contributed by atoms with Gasteiger partial charge in [-0.25, -0.2) is 47.0 Å². The number of hydrogen-bond donors (Lipinski definition) is 0. The topological polar surface area (TPSA) is 97.9 Å². The lowest BCUT2D eigenvalue weighted by atomic mass is 9.85. The molecule has 0 N–H and O–H groups in total. The van der Waals surface area contributed by atoms with E-state index in [9.17, 15) is 19.2 Å². The summed E-state index contributed by atoms with van der Waals surface area (Å²) in [5.74, 6) is 0.117. The molecule has 10 nitrogen and oxygen atoms in total. The monoisotopic (exact) mass is 332 g/mol. The Balaban J connectivity index is 1.73. The average Bonchev–Trinajstić information content (AvgIpc) is 3.34. The Bertz CT molecular complexity index is 1180. The van der Waals surface area contributed by atoms with Crippen LogP contribution >= 0.6 is 0 Å². The van der Waals surface area contributed by atoms with Gasteiger partial charge in [-0.2, -0.15) is 0 Å². The molecule has 2 aliphatic carbocycles. The second kappa shape index (κ2) is 3.31. The molecule has 0 unspecified atom stereocenters. The van der Waals surface area contributed by atoms with Gasteiger partial charge in [-0.1, -0.05) is 0 Å². The molecular weight excluding hydrogens is 316 g/mol. The normalized spacial score (nSPS) is 37.1. The molecule has 2 saturated carbocycles. The second-order valence-corrected chi connectivity index (χ2v) is 7.60. The van der Waals surface area contributed by atoms with Crippen molar-refractivity contribution in [1.29, 1.82) is 0 Å². The zero-order valence-electron chi connectivity index (χ0n) is 13.2. The first-order valence-corrected chi connectivity index (χ1v) is 8.20. The molecular formula is C14H16N6O4. The van der Waals surface area contributed by atoms with Crippen LogP contribution in [-0.4, -0.2) is 27.9 Å². The lowest BCUT2D eigenvalue weighted by Crippen LogP contribution is -2.53. The Labute approximate surface area is 133 Å². The number of fused-ring (bicyclic) bond motifs is 9. The highest BCUT2D eigenvalue weighted by atomic mass is 16.2. The molecule has 10 heteroatoms. The Morgan fingerprint density at radius 3 is 2.21 bits per heavy atom. The lowest BCUT2D eigenvalue weighted by molar-refractivity contribution is 0.0781. The van der Waals surface area contributed by atoms with E-state index in [2.05, 4.69) is 0 Å². The van der Waals surface area contributed by atoms with Gasteiger partial charge < -0.3 is 0 Å². The van der Waals surface area contributed by atoms with Gasteiger partial charge >= 0.3 is 22.8 Å². The molecule has 2 aromatic rings. The molecule has 0 radical (unpaired) electrons. The van der Waals surface area contributed by atoms with Crippen LogP contribution in [0.1, 0.15) is 37.4 Å². The zero-order valence-corrected chi connectivity index (χ0v) is 13.2. The fourth-order valence-electron chi connectivity index (χ4n) is 6.14. The molecule has 5 atom stereocenters. The van der Waals surface area contributed by atoms with Gasteiger partial charge in [0.15, 0.2) is 0 Å². The molecule has 2 aromatic heterocycles. The maximum atomic E-state index is 12.7. The molecule has 2 aliphatic heterocycles. The van der Waals surface area contributed by atoms with Crippen molar-refractivity contribution in [3.05, 3.63) is 41.9 Å². The first-order valence-electron chi connectivity index (χ1n) is 8.20. The van der Waals surface area contributed by atoms with E-state index in [1.807, 2.05) is 0 Å². The Morgan fingerprint density at radius 1 is 0.833 bits per heavy atom. The van der Waals surface area contributed by atoms with Crippen molar-refractivity contribution in [2.75, 3.05) is 0 Å². The number of hydrogen-bond acceptors (Lipinski definition) is 4. The van der Waals surface area contributed by atoms with Gasteiger partial charge in [0.1, 0.15) is 0 Å². The zero-order chi connectivity index (χ0) is 16.7. The van der Waals surface area contributed by atoms with E-state index < -0.39 is 5.54 Å². The van der Waals surface area contributed by atoms with E-state index in [-0.39, 0.29) is 46.8 Å². The third-order valence-electron chi connectivity index (χ3n) is 6.95. The maximum absolute atomic E-state index is 12.7. The molecule has 4 aliphatic rings. The van der Waals surface area contributed by atoms with E-state index in [0.717, 1.165) is 15.6 Å². The van der Waals surface area contributed by atoms with Gasteiger partial charge in [0.05, 0.1) is 23.7 Å². The summed E-state index contributed by atoms with van der Waals surface area (Å²) >= 11 is 0. The molecule has 2 fully saturated rings. The predicted molar refractivity (Wildman–Crippen MR) is 80.3 cm³/mol. The largest absolute Gasteiger partial charge is 0.347 e. The summed E-state index contributed by atoms with van der Waals surface area (Å²) in [5, 5.41) is 0. The second-order valence-electron chi connectivity index (χ2n) is 7.60. The van der Waals surface area contributed by atoms with Crippen LogP contribution in [0.3, 0.4) is 0 Å². The van der Waals surface area contributed by atoms with Crippen LogP contribution < -0.4 is 22.8 Å². The Morgan fingerprint density at radius 2 is 1.46 bits per heavy atom. The summed E-state index contributed by atoms with van der Waals surface area (Å²) in [6, 6.07) is -0.338. The molecule has 0 saturated heterocycles. The minimum absolute atomic E-state index is 0.0224. The standard InChI is InChI=1S/C14H16N6O4/c1-15-11(22)18-8-4-9(19(18)12(15)23)14-5-6(3-7(8)14)17-10(21)16(2)13(24)20(14)17/h6-9H,3-5H2,1-2H3/t6-,7+,8+,9-,14-/m1/s1. The van der Waals surface area contributed by atoms with Gasteiger partial charge in [0, 0.05) is 20.0 Å². The molecule has 24 heavy (non-hydrogen) atoms. The van der Waals surface area contributed by atoms with Crippen molar-refractivity contribution in [1.82, 2.24) is 27.9 Å². The van der Waals surface area contributed by atoms with Crippen LogP contribution in [0.15, 0.2) is 19.2 Å². The minimum Gasteiger partial charge on any atom is -0.246 e. The van der Waals surface area contributed by atoms with E-state index in [4.69, 9.17) is 0 Å². The van der Waals surface area contributed by atoms with Crippen molar-refractivity contribution in [2.24, 2.45) is 20.0 Å². The van der Waals surface area contributed by atoms with Crippen LogP contribution in [0.4, 0.5) is 0 Å². The van der Waals surface area contributed by atoms with Crippen molar-refractivity contribution in [2.45, 2.75) is 42.9 Å². The van der Waals surface area contributed by atoms with Crippen LogP contribution in [0.25, 0.3) is 0 Å². The number of rotatable bonds is 0. The molecule has 0 aromatic carbocycles. The van der Waals surface area contributed by atoms with Crippen LogP contribution in [0, 0.1) is 5.92 Å². The molecule has 6 rings (SSSR count). The fourth-order valence-corrected chi connectivity index (χ4v) is 6.14. The SMILES string of the molecule is Cn1c(=O)n2n(c1=O)[C@@H]1C[C@H]2[C@@H]2C[C@@H]3C[C@@]21n1c(=O)n(C)c(=O)n13. The summed E-state index contributed by atoms with van der Waals surface area (Å²) in [5.41, 5.74) is -1.79. The Kier molecular flexibility index (Phi) is 1.77. The number of aromatic nitrogens is 6. The summed E-state index contributed by atoms with van der Waals surface area (Å²) in [7, 11) is 2.98. The molecule has 4 heterocycles. The summed E-state index contributed by atoms with van der Waals surface area (Å²) in [6.07, 6.45) is 2.15. The fraction of sp³-hybridized carbons (Fsp3) is 0.714. The van der Waals surface area contributed by atoms with Crippen LogP contribution in [0.5, 0.6) is 0 Å². The first-order chi connectivity index (χ1) is 11.4. The Hall–Kier alpha value is -2.52. The van der Waals surface area contributed by atoms with Gasteiger partial charge in [-0.05, 0) is 19.3 Å². The summed E-state index contributed by atoms with van der Waals surface area (Å²) < 4.78 is 8.57. The minimum atomic E-state index is -0.551. The van der Waals surface area contributed by atoms with E-state index in [0.29, 0.717) is 12.8 Å². The van der Waals surface area contributed by atoms with Gasteiger partial charge in [-0.15, -0.1) is 0 Å². The van der Waals surface area contributed by atoms with Crippen molar-refractivity contribution < 1.29 is 0 Å². The van der Waals surface area contributed by atoms with E-state index in [1.54, 1.807) is 14.0 Å². The number of nitrogens with zero attached hydrogens (tertiary/aromatic N) is 6. The third-order valence-corrected chi connectivity index (χ3v) is 6.95. The molecule has 126 valence electrons. The van der Waals surface area contributed by atoms with Crippen molar-refractivity contribution in [3.63, 3.8) is 0 Å². The summed E-state index contributed by atoms with van der Waals surface area (Å²) in [6.45, 7) is 0. The molecule has 1 spiro atoms. The van der Waals surface area contributed by atoms with Gasteiger partial charge in [0.25, 0.3) is 0 Å². The smallest absolute Gasteiger partial charge is 0.246 e. The van der Waals surface area contributed by atoms with Gasteiger partial charge in [0.2, 0.25) is 0 Å². The maximum Gasteiger partial charge on any atom is 0.347 e. The summed E-state index contributed by atoms with van der Waals surface area (Å²) in [4.78, 5) is 50.1. The van der Waals surface area contributed by atoms with Crippen LogP contribution in [0.2, 0.25) is 0 Å². The quantitative estimate of drug-likeness (QED) is 0.550. The average molecular weight is 332 g/mol. The molecule has 4 bridgehead atoms. The third kappa shape index (κ3) is 0.932. The van der Waals surface area contributed by atoms with Crippen LogP contribution in [-0.2, 0) is 19.6 Å². The highest BCUT2D eigenvalue weighted by Gasteiger charge is 2.72. The predicted octanol–water partition coefficient (Wildman–Crippen LogP) is -2.13. The van der Waals surface area contributed by atoms with Crippen molar-refractivity contribution in [3.8, 4) is 0 Å². The molecule has 0 amide bonds. The van der Waals surface area contributed by atoms with E-state index in [1.165, 1.54) is 18.8 Å². The van der Waals surface area contributed by atoms with E-state index >= 15 is 0 Å². The highest BCUT2D eigenvalue weighted by molar-refractivity contribution is 5.21.